The van der Waals surface area contributed by atoms with Crippen LogP contribution >= 0.6 is 11.3 Å². The van der Waals surface area contributed by atoms with Gasteiger partial charge in [-0.05, 0) is 0 Å². The van der Waals surface area contributed by atoms with Crippen molar-refractivity contribution in [2.45, 2.75) is 38.9 Å². The monoisotopic (exact) mass is 318 g/mol. The van der Waals surface area contributed by atoms with Gasteiger partial charge < -0.3 is 0 Å². The second-order valence-corrected chi connectivity index (χ2v) is 6.38. The second kappa shape index (κ2) is 5.21. The lowest BCUT2D eigenvalue weighted by atomic mass is 9.98. The van der Waals surface area contributed by atoms with Crippen LogP contribution in [0.2, 0.25) is 0 Å². The molecule has 0 N–H and O–H groups in total. The van der Waals surface area contributed by atoms with E-state index in [1.165, 1.54) is 16.0 Å². The van der Waals surface area contributed by atoms with Gasteiger partial charge in [0.1, 0.15) is 0 Å². The zero-order valence-corrected chi connectivity index (χ0v) is 12.4. The number of ketones is 1. The van der Waals surface area contributed by atoms with Crippen LogP contribution in [0.4, 0.5) is 13.2 Å². The summed E-state index contributed by atoms with van der Waals surface area (Å²) >= 11 is 1.47. The maximum Gasteiger partial charge on any atom is 0.456 e. The van der Waals surface area contributed by atoms with Gasteiger partial charge in [0.25, 0.3) is 5.78 Å². The van der Waals surface area contributed by atoms with Crippen LogP contribution < -0.4 is 0 Å². The summed E-state index contributed by atoms with van der Waals surface area (Å²) in [6, 6.07) is 0. The summed E-state index contributed by atoms with van der Waals surface area (Å²) in [5.74, 6) is -2.00. The minimum absolute atomic E-state index is 0.0945. The molecule has 0 amide bonds. The molecule has 2 rings (SSSR count). The quantitative estimate of drug-likeness (QED) is 0.817. The molecule has 0 atom stereocenters. The van der Waals surface area contributed by atoms with Crippen molar-refractivity contribution >= 4 is 17.1 Å². The fourth-order valence-electron chi connectivity index (χ4n) is 1.51. The minimum Gasteiger partial charge on any atom is -0.282 e. The van der Waals surface area contributed by atoms with E-state index < -0.39 is 17.7 Å². The van der Waals surface area contributed by atoms with Crippen molar-refractivity contribution in [2.24, 2.45) is 0 Å². The highest BCUT2D eigenvalue weighted by Crippen LogP contribution is 2.26. The van der Waals surface area contributed by atoms with Crippen LogP contribution in [-0.4, -0.2) is 31.9 Å². The fraction of sp³-hybridized carbons (Fsp3) is 0.500. The Bertz CT molecular complexity index is 654. The first-order valence-electron chi connectivity index (χ1n) is 6.04. The molecule has 0 spiro atoms. The van der Waals surface area contributed by atoms with Crippen molar-refractivity contribution < 1.29 is 18.0 Å². The Morgan fingerprint density at radius 3 is 2.52 bits per heavy atom. The molecule has 0 saturated heterocycles. The lowest BCUT2D eigenvalue weighted by Crippen LogP contribution is -2.23. The first-order valence-corrected chi connectivity index (χ1v) is 6.92. The van der Waals surface area contributed by atoms with Gasteiger partial charge in [0.2, 0.25) is 0 Å². The fourth-order valence-corrected chi connectivity index (χ4v) is 2.41. The number of thiazole rings is 1. The Labute approximate surface area is 122 Å². The van der Waals surface area contributed by atoms with Gasteiger partial charge in [0.05, 0.1) is 23.4 Å². The third-order valence-electron chi connectivity index (χ3n) is 2.55. The van der Waals surface area contributed by atoms with E-state index in [4.69, 9.17) is 0 Å². The van der Waals surface area contributed by atoms with Gasteiger partial charge in [0, 0.05) is 10.8 Å². The van der Waals surface area contributed by atoms with Crippen molar-refractivity contribution in [3.8, 4) is 0 Å². The van der Waals surface area contributed by atoms with Gasteiger partial charge in [-0.3, -0.25) is 4.79 Å². The number of carbonyl (C=O) groups excluding carboxylic acids is 1. The third-order valence-corrected chi connectivity index (χ3v) is 3.86. The average Bonchev–Trinajstić information content (AvgIpc) is 2.95. The van der Waals surface area contributed by atoms with E-state index in [1.54, 1.807) is 0 Å². The van der Waals surface area contributed by atoms with E-state index in [0.29, 0.717) is 5.69 Å². The van der Waals surface area contributed by atoms with Crippen molar-refractivity contribution in [1.29, 1.82) is 0 Å². The molecule has 2 aromatic rings. The number of aromatic nitrogens is 4. The van der Waals surface area contributed by atoms with Crippen molar-refractivity contribution in [3.05, 3.63) is 28.0 Å². The molecular weight excluding hydrogens is 305 g/mol. The normalized spacial score (nSPS) is 12.7. The molecule has 0 bridgehead atoms. The summed E-state index contributed by atoms with van der Waals surface area (Å²) in [4.78, 5) is 15.4. The third kappa shape index (κ3) is 3.66. The van der Waals surface area contributed by atoms with Gasteiger partial charge in [-0.1, -0.05) is 26.0 Å². The van der Waals surface area contributed by atoms with Crippen LogP contribution in [0.25, 0.3) is 0 Å². The number of nitrogens with zero attached hydrogens (tertiary/aromatic N) is 4. The number of carbonyl (C=O) groups is 1. The van der Waals surface area contributed by atoms with E-state index >= 15 is 0 Å². The highest BCUT2D eigenvalue weighted by Gasteiger charge is 2.41. The Morgan fingerprint density at radius 2 is 2.00 bits per heavy atom. The Hall–Kier alpha value is -1.77. The summed E-state index contributed by atoms with van der Waals surface area (Å²) in [6.45, 7) is 6.23. The molecule has 9 heteroatoms. The predicted molar refractivity (Wildman–Crippen MR) is 70.3 cm³/mol. The topological polar surface area (TPSA) is 60.7 Å². The summed E-state index contributed by atoms with van der Waals surface area (Å²) in [6.07, 6.45) is -3.97. The molecular formula is C12H13F3N4OS. The molecule has 0 unspecified atom stereocenters. The molecule has 0 aromatic carbocycles. The number of hydrogen-bond donors (Lipinski definition) is 0. The molecule has 21 heavy (non-hydrogen) atoms. The van der Waals surface area contributed by atoms with Crippen molar-refractivity contribution in [1.82, 2.24) is 20.0 Å². The summed E-state index contributed by atoms with van der Waals surface area (Å²) in [5, 5.41) is 9.51. The number of rotatable bonds is 3. The summed E-state index contributed by atoms with van der Waals surface area (Å²) < 4.78 is 38.0. The molecule has 0 fully saturated rings. The van der Waals surface area contributed by atoms with Crippen molar-refractivity contribution in [3.63, 3.8) is 0 Å². The largest absolute Gasteiger partial charge is 0.456 e. The van der Waals surface area contributed by atoms with E-state index in [1.807, 2.05) is 26.2 Å². The van der Waals surface area contributed by atoms with E-state index in [0.717, 1.165) is 11.2 Å². The SMILES string of the molecule is CC(C)(C)c1nc(Cn2cc(C(=O)C(F)(F)F)nn2)cs1. The molecule has 0 aliphatic heterocycles. The maximum atomic E-state index is 12.3. The van der Waals surface area contributed by atoms with Gasteiger partial charge >= 0.3 is 6.18 Å². The first kappa shape index (κ1) is 15.6. The second-order valence-electron chi connectivity index (χ2n) is 5.52. The van der Waals surface area contributed by atoms with E-state index in [-0.39, 0.29) is 12.0 Å². The van der Waals surface area contributed by atoms with E-state index in [9.17, 15) is 18.0 Å². The van der Waals surface area contributed by atoms with Crippen molar-refractivity contribution in [2.75, 3.05) is 0 Å². The van der Waals surface area contributed by atoms with Crippen LogP contribution in [0, 0.1) is 0 Å². The number of Topliss-reactive ketones (excluding diaryl/α,β-unsaturated/α-hetero) is 1. The zero-order chi connectivity index (χ0) is 15.8. The standard InChI is InChI=1S/C12H13F3N4OS/c1-11(2,3)10-16-7(6-21-10)4-19-5-8(17-18-19)9(20)12(13,14)15/h5-6H,4H2,1-3H3. The van der Waals surface area contributed by atoms with Gasteiger partial charge in [-0.15, -0.1) is 16.4 Å². The summed E-state index contributed by atoms with van der Waals surface area (Å²) in [7, 11) is 0. The van der Waals surface area contributed by atoms with Crippen LogP contribution in [0.15, 0.2) is 11.6 Å². The average molecular weight is 318 g/mol. The van der Waals surface area contributed by atoms with Crippen LogP contribution in [0.1, 0.15) is 42.0 Å². The number of halogens is 3. The molecule has 0 aliphatic rings. The Balaban J connectivity index is 2.13. The predicted octanol–water partition coefficient (Wildman–Crippen LogP) is 2.83. The molecule has 5 nitrogen and oxygen atoms in total. The Morgan fingerprint density at radius 1 is 1.33 bits per heavy atom. The van der Waals surface area contributed by atoms with Crippen LogP contribution in [0.5, 0.6) is 0 Å². The smallest absolute Gasteiger partial charge is 0.282 e. The molecule has 114 valence electrons. The molecule has 2 heterocycles. The van der Waals surface area contributed by atoms with E-state index in [2.05, 4.69) is 15.3 Å². The minimum atomic E-state index is -4.94. The van der Waals surface area contributed by atoms with Crippen LogP contribution in [-0.2, 0) is 12.0 Å². The first-order chi connectivity index (χ1) is 9.57. The zero-order valence-electron chi connectivity index (χ0n) is 11.6. The molecule has 2 aromatic heterocycles. The number of alkyl halides is 3. The lowest BCUT2D eigenvalue weighted by molar-refractivity contribution is -0.0888. The van der Waals surface area contributed by atoms with Gasteiger partial charge in [0.15, 0.2) is 5.69 Å². The van der Waals surface area contributed by atoms with Gasteiger partial charge in [-0.2, -0.15) is 13.2 Å². The summed E-state index contributed by atoms with van der Waals surface area (Å²) in [5.41, 5.74) is -0.141. The Kier molecular flexibility index (Phi) is 3.87. The highest BCUT2D eigenvalue weighted by atomic mass is 32.1. The van der Waals surface area contributed by atoms with Gasteiger partial charge in [-0.25, -0.2) is 9.67 Å². The number of hydrogen-bond acceptors (Lipinski definition) is 5. The lowest BCUT2D eigenvalue weighted by Gasteiger charge is -2.13. The highest BCUT2D eigenvalue weighted by molar-refractivity contribution is 7.09. The maximum absolute atomic E-state index is 12.3. The molecule has 0 aliphatic carbocycles. The van der Waals surface area contributed by atoms with Crippen LogP contribution in [0.3, 0.4) is 0 Å². The molecule has 0 radical (unpaired) electrons. The molecule has 0 saturated carbocycles.